The summed E-state index contributed by atoms with van der Waals surface area (Å²) in [5.74, 6) is -0.693. The third-order valence-corrected chi connectivity index (χ3v) is 5.69. The van der Waals surface area contributed by atoms with E-state index in [2.05, 4.69) is 15.7 Å². The van der Waals surface area contributed by atoms with Gasteiger partial charge in [-0.2, -0.15) is 18.3 Å². The SMILES string of the molecule is O=C(NCc1ccccc1)c1nn2c(c1Cl)N[C@H](c1ccc(Cl)cc1)C[C@H]2C(F)(F)F. The number of halogens is 5. The standard InChI is InChI=1S/C21H17Cl2F3N4O/c22-14-8-6-13(7-9-14)15-10-16(21(24,25)26)30-19(28-15)17(23)18(29-30)20(31)27-11-12-4-2-1-3-5-12/h1-9,15-16,28H,10-11H2,(H,27,31)/t15-,16-/m0/s1. The number of alkyl halides is 3. The summed E-state index contributed by atoms with van der Waals surface area (Å²) in [5, 5.41) is 9.89. The number of benzene rings is 2. The summed E-state index contributed by atoms with van der Waals surface area (Å²) in [6, 6.07) is 13.0. The predicted molar refractivity (Wildman–Crippen MR) is 112 cm³/mol. The molecule has 0 aliphatic carbocycles. The summed E-state index contributed by atoms with van der Waals surface area (Å²) in [5.41, 5.74) is 1.20. The summed E-state index contributed by atoms with van der Waals surface area (Å²) >= 11 is 12.2. The van der Waals surface area contributed by atoms with Gasteiger partial charge in [-0.15, -0.1) is 0 Å². The van der Waals surface area contributed by atoms with Crippen molar-refractivity contribution < 1.29 is 18.0 Å². The molecule has 0 radical (unpaired) electrons. The fraction of sp³-hybridized carbons (Fsp3) is 0.238. The van der Waals surface area contributed by atoms with Crippen molar-refractivity contribution in [3.05, 3.63) is 81.5 Å². The molecular weight excluding hydrogens is 452 g/mol. The first kappa shape index (κ1) is 21.5. The van der Waals surface area contributed by atoms with Crippen molar-refractivity contribution in [1.29, 1.82) is 0 Å². The van der Waals surface area contributed by atoms with Gasteiger partial charge < -0.3 is 10.6 Å². The van der Waals surface area contributed by atoms with Gasteiger partial charge in [0.15, 0.2) is 11.7 Å². The molecule has 1 aromatic heterocycles. The zero-order chi connectivity index (χ0) is 22.2. The molecule has 4 rings (SSSR count). The number of carbonyl (C=O) groups is 1. The van der Waals surface area contributed by atoms with Crippen LogP contribution in [0.3, 0.4) is 0 Å². The highest BCUT2D eigenvalue weighted by Gasteiger charge is 2.47. The van der Waals surface area contributed by atoms with E-state index in [1.54, 1.807) is 24.3 Å². The van der Waals surface area contributed by atoms with Crippen LogP contribution in [0.25, 0.3) is 0 Å². The Morgan fingerprint density at radius 2 is 1.81 bits per heavy atom. The second-order valence-electron chi connectivity index (χ2n) is 7.17. The topological polar surface area (TPSA) is 59.0 Å². The van der Waals surface area contributed by atoms with Crippen LogP contribution in [0.1, 0.15) is 40.1 Å². The molecule has 2 N–H and O–H groups in total. The fourth-order valence-electron chi connectivity index (χ4n) is 3.51. The molecule has 0 saturated carbocycles. The number of rotatable bonds is 4. The smallest absolute Gasteiger partial charge is 0.362 e. The molecule has 1 aliphatic rings. The molecule has 5 nitrogen and oxygen atoms in total. The maximum absolute atomic E-state index is 13.8. The predicted octanol–water partition coefficient (Wildman–Crippen LogP) is 5.78. The van der Waals surface area contributed by atoms with Crippen molar-refractivity contribution in [2.75, 3.05) is 5.32 Å². The highest BCUT2D eigenvalue weighted by atomic mass is 35.5. The van der Waals surface area contributed by atoms with Gasteiger partial charge in [0, 0.05) is 18.0 Å². The summed E-state index contributed by atoms with van der Waals surface area (Å²) in [6.07, 6.45) is -4.88. The molecule has 0 unspecified atom stereocenters. The third kappa shape index (κ3) is 4.50. The molecule has 0 spiro atoms. The van der Waals surface area contributed by atoms with E-state index in [1.807, 2.05) is 30.3 Å². The number of hydrogen-bond donors (Lipinski definition) is 2. The van der Waals surface area contributed by atoms with Crippen LogP contribution in [0.4, 0.5) is 19.0 Å². The molecule has 0 bridgehead atoms. The first-order chi connectivity index (χ1) is 14.7. The van der Waals surface area contributed by atoms with E-state index in [-0.39, 0.29) is 29.5 Å². The van der Waals surface area contributed by atoms with Gasteiger partial charge in [-0.3, -0.25) is 4.79 Å². The van der Waals surface area contributed by atoms with Crippen LogP contribution < -0.4 is 10.6 Å². The first-order valence-corrected chi connectivity index (χ1v) is 10.2. The summed E-state index contributed by atoms with van der Waals surface area (Å²) in [4.78, 5) is 12.6. The first-order valence-electron chi connectivity index (χ1n) is 9.43. The summed E-state index contributed by atoms with van der Waals surface area (Å²) in [7, 11) is 0. The van der Waals surface area contributed by atoms with Gasteiger partial charge in [0.25, 0.3) is 5.91 Å². The van der Waals surface area contributed by atoms with Crippen LogP contribution in [0, 0.1) is 0 Å². The highest BCUT2D eigenvalue weighted by molar-refractivity contribution is 6.36. The van der Waals surface area contributed by atoms with E-state index in [0.29, 0.717) is 10.6 Å². The third-order valence-electron chi connectivity index (χ3n) is 5.08. The molecule has 1 amide bonds. The lowest BCUT2D eigenvalue weighted by molar-refractivity contribution is -0.173. The molecule has 31 heavy (non-hydrogen) atoms. The Morgan fingerprint density at radius 1 is 1.13 bits per heavy atom. The summed E-state index contributed by atoms with van der Waals surface area (Å²) < 4.78 is 42.3. The minimum atomic E-state index is -4.57. The average molecular weight is 469 g/mol. The normalized spacial score (nSPS) is 18.2. The lowest BCUT2D eigenvalue weighted by Gasteiger charge is -2.33. The number of amides is 1. The zero-order valence-corrected chi connectivity index (χ0v) is 17.5. The molecule has 1 aliphatic heterocycles. The van der Waals surface area contributed by atoms with Crippen LogP contribution in [-0.2, 0) is 6.54 Å². The quantitative estimate of drug-likeness (QED) is 0.510. The number of aromatic nitrogens is 2. The molecule has 2 atom stereocenters. The van der Waals surface area contributed by atoms with Crippen LogP contribution in [0.5, 0.6) is 0 Å². The van der Waals surface area contributed by atoms with Gasteiger partial charge in [0.1, 0.15) is 10.8 Å². The van der Waals surface area contributed by atoms with Gasteiger partial charge in [-0.25, -0.2) is 4.68 Å². The van der Waals surface area contributed by atoms with Gasteiger partial charge in [-0.05, 0) is 23.3 Å². The second-order valence-corrected chi connectivity index (χ2v) is 7.98. The minimum Gasteiger partial charge on any atom is -0.362 e. The molecule has 0 saturated heterocycles. The number of carbonyl (C=O) groups excluding carboxylic acids is 1. The molecule has 0 fully saturated rings. The number of fused-ring (bicyclic) bond motifs is 1. The van der Waals surface area contributed by atoms with E-state index in [9.17, 15) is 18.0 Å². The minimum absolute atomic E-state index is 0.0416. The number of anilines is 1. The maximum Gasteiger partial charge on any atom is 0.410 e. The Hall–Kier alpha value is -2.71. The lowest BCUT2D eigenvalue weighted by Crippen LogP contribution is -2.35. The monoisotopic (exact) mass is 468 g/mol. The molecular formula is C21H17Cl2F3N4O. The maximum atomic E-state index is 13.8. The number of nitrogens with zero attached hydrogens (tertiary/aromatic N) is 2. The van der Waals surface area contributed by atoms with Crippen LogP contribution in [0.2, 0.25) is 10.0 Å². The van der Waals surface area contributed by atoms with Crippen molar-refractivity contribution in [3.8, 4) is 0 Å². The van der Waals surface area contributed by atoms with Gasteiger partial charge in [0.05, 0.1) is 6.04 Å². The van der Waals surface area contributed by atoms with E-state index >= 15 is 0 Å². The fourth-order valence-corrected chi connectivity index (χ4v) is 3.90. The van der Waals surface area contributed by atoms with Crippen LogP contribution >= 0.6 is 23.2 Å². The van der Waals surface area contributed by atoms with Crippen molar-refractivity contribution in [2.24, 2.45) is 0 Å². The molecule has 3 aromatic rings. The van der Waals surface area contributed by atoms with Crippen LogP contribution in [0.15, 0.2) is 54.6 Å². The van der Waals surface area contributed by atoms with E-state index in [1.165, 1.54) is 0 Å². The van der Waals surface area contributed by atoms with E-state index in [4.69, 9.17) is 23.2 Å². The molecule has 10 heteroatoms. The Bertz CT molecular complexity index is 1080. The Balaban J connectivity index is 1.64. The summed E-state index contributed by atoms with van der Waals surface area (Å²) in [6.45, 7) is 0.196. The van der Waals surface area contributed by atoms with Crippen molar-refractivity contribution in [2.45, 2.75) is 31.2 Å². The average Bonchev–Trinajstić information content (AvgIpc) is 3.08. The molecule has 2 aromatic carbocycles. The number of hydrogen-bond acceptors (Lipinski definition) is 3. The van der Waals surface area contributed by atoms with Crippen LogP contribution in [-0.4, -0.2) is 21.9 Å². The molecule has 162 valence electrons. The number of nitrogens with one attached hydrogen (secondary N) is 2. The largest absolute Gasteiger partial charge is 0.410 e. The van der Waals surface area contributed by atoms with Crippen molar-refractivity contribution in [3.63, 3.8) is 0 Å². The Morgan fingerprint density at radius 3 is 2.45 bits per heavy atom. The van der Waals surface area contributed by atoms with Crippen molar-refractivity contribution >= 4 is 34.9 Å². The Labute approximate surface area is 186 Å². The second kappa shape index (κ2) is 8.43. The zero-order valence-electron chi connectivity index (χ0n) is 16.0. The van der Waals surface area contributed by atoms with E-state index in [0.717, 1.165) is 10.2 Å². The van der Waals surface area contributed by atoms with Gasteiger partial charge >= 0.3 is 6.18 Å². The van der Waals surface area contributed by atoms with Crippen molar-refractivity contribution in [1.82, 2.24) is 15.1 Å². The van der Waals surface area contributed by atoms with Gasteiger partial charge in [0.2, 0.25) is 0 Å². The Kier molecular flexibility index (Phi) is 5.85. The van der Waals surface area contributed by atoms with Gasteiger partial charge in [-0.1, -0.05) is 65.7 Å². The highest BCUT2D eigenvalue weighted by Crippen LogP contribution is 2.46. The molecule has 2 heterocycles. The lowest BCUT2D eigenvalue weighted by atomic mass is 9.97. The van der Waals surface area contributed by atoms with E-state index < -0.39 is 24.2 Å².